The number of anilines is 1. The fraction of sp³-hybridized carbons (Fsp3) is 0.438. The van der Waals surface area contributed by atoms with Crippen molar-refractivity contribution in [2.75, 3.05) is 24.6 Å². The summed E-state index contributed by atoms with van der Waals surface area (Å²) in [4.78, 5) is 6.57. The number of hydrogen-bond donors (Lipinski definition) is 2. The highest BCUT2D eigenvalue weighted by Gasteiger charge is 2.13. The smallest absolute Gasteiger partial charge is 0.0994 e. The van der Waals surface area contributed by atoms with Crippen molar-refractivity contribution in [3.63, 3.8) is 0 Å². The third kappa shape index (κ3) is 2.94. The van der Waals surface area contributed by atoms with Crippen LogP contribution in [-0.4, -0.2) is 34.4 Å². The van der Waals surface area contributed by atoms with Gasteiger partial charge in [0.15, 0.2) is 0 Å². The summed E-state index contributed by atoms with van der Waals surface area (Å²) in [5, 5.41) is 9.22. The number of nitrogens with two attached hydrogens (primary N) is 1. The van der Waals surface area contributed by atoms with Gasteiger partial charge in [-0.3, -0.25) is 0 Å². The maximum atomic E-state index is 9.22. The summed E-state index contributed by atoms with van der Waals surface area (Å²) in [5.41, 5.74) is 9.02. The Kier molecular flexibility index (Phi) is 4.22. The summed E-state index contributed by atoms with van der Waals surface area (Å²) in [6.45, 7) is 2.20. The lowest BCUT2D eigenvalue weighted by Crippen LogP contribution is -2.29. The van der Waals surface area contributed by atoms with E-state index >= 15 is 0 Å². The number of imidazole rings is 1. The molecule has 0 radical (unpaired) electrons. The lowest BCUT2D eigenvalue weighted by atomic mass is 10.1. The van der Waals surface area contributed by atoms with E-state index < -0.39 is 6.04 Å². The molecule has 112 valence electrons. The number of aliphatic hydroxyl groups excluding tert-OH is 1. The number of benzene rings is 1. The molecule has 1 aromatic heterocycles. The first-order valence-corrected chi connectivity index (χ1v) is 7.53. The summed E-state index contributed by atoms with van der Waals surface area (Å²) in [6.07, 6.45) is 7.34. The third-order valence-electron chi connectivity index (χ3n) is 4.09. The van der Waals surface area contributed by atoms with Crippen LogP contribution in [-0.2, 0) is 0 Å². The number of aromatic nitrogens is 2. The number of nitrogens with zero attached hydrogens (tertiary/aromatic N) is 3. The molecule has 1 atom stereocenters. The Balaban J connectivity index is 1.82. The van der Waals surface area contributed by atoms with Crippen LogP contribution in [0.5, 0.6) is 0 Å². The highest BCUT2D eigenvalue weighted by Crippen LogP contribution is 2.23. The van der Waals surface area contributed by atoms with Crippen molar-refractivity contribution in [3.8, 4) is 5.69 Å². The summed E-state index contributed by atoms with van der Waals surface area (Å²) in [5.74, 6) is 0. The van der Waals surface area contributed by atoms with E-state index in [0.717, 1.165) is 24.5 Å². The number of rotatable bonds is 4. The molecule has 1 saturated heterocycles. The van der Waals surface area contributed by atoms with Gasteiger partial charge in [-0.25, -0.2) is 4.98 Å². The molecule has 1 aromatic carbocycles. The molecule has 21 heavy (non-hydrogen) atoms. The van der Waals surface area contributed by atoms with Crippen molar-refractivity contribution >= 4 is 5.69 Å². The molecule has 0 spiro atoms. The maximum Gasteiger partial charge on any atom is 0.0994 e. The zero-order chi connectivity index (χ0) is 14.7. The van der Waals surface area contributed by atoms with E-state index in [9.17, 15) is 5.11 Å². The summed E-state index contributed by atoms with van der Waals surface area (Å²) in [7, 11) is 0. The molecule has 3 N–H and O–H groups in total. The van der Waals surface area contributed by atoms with Gasteiger partial charge < -0.3 is 20.3 Å². The second kappa shape index (κ2) is 6.28. The van der Waals surface area contributed by atoms with Crippen molar-refractivity contribution in [2.45, 2.75) is 25.3 Å². The van der Waals surface area contributed by atoms with Gasteiger partial charge in [0, 0.05) is 24.5 Å². The number of hydrogen-bond acceptors (Lipinski definition) is 4. The number of aliphatic hydroxyl groups is 1. The topological polar surface area (TPSA) is 67.3 Å². The third-order valence-corrected chi connectivity index (χ3v) is 4.09. The van der Waals surface area contributed by atoms with Crippen LogP contribution in [0.2, 0.25) is 0 Å². The van der Waals surface area contributed by atoms with Crippen LogP contribution >= 0.6 is 0 Å². The Hall–Kier alpha value is -1.85. The molecule has 5 heteroatoms. The van der Waals surface area contributed by atoms with Gasteiger partial charge >= 0.3 is 0 Å². The molecular formula is C16H22N4O. The van der Waals surface area contributed by atoms with E-state index in [1.165, 1.54) is 24.9 Å². The second-order valence-electron chi connectivity index (χ2n) is 5.54. The van der Waals surface area contributed by atoms with Crippen LogP contribution in [0.1, 0.15) is 31.0 Å². The van der Waals surface area contributed by atoms with E-state index in [0.29, 0.717) is 0 Å². The molecule has 0 aliphatic carbocycles. The largest absolute Gasteiger partial charge is 0.394 e. The molecule has 1 aliphatic heterocycles. The highest BCUT2D eigenvalue weighted by molar-refractivity contribution is 5.51. The molecule has 1 fully saturated rings. The fourth-order valence-corrected chi connectivity index (χ4v) is 2.87. The Bertz CT molecular complexity index is 572. The second-order valence-corrected chi connectivity index (χ2v) is 5.54. The Morgan fingerprint density at radius 1 is 1.10 bits per heavy atom. The first kappa shape index (κ1) is 14.1. The van der Waals surface area contributed by atoms with Crippen LogP contribution in [0.4, 0.5) is 5.69 Å². The zero-order valence-corrected chi connectivity index (χ0v) is 12.2. The van der Waals surface area contributed by atoms with E-state index in [2.05, 4.69) is 34.1 Å². The lowest BCUT2D eigenvalue weighted by molar-refractivity contribution is 0.265. The minimum absolute atomic E-state index is 0.0858. The van der Waals surface area contributed by atoms with Crippen LogP contribution in [0.3, 0.4) is 0 Å². The molecule has 2 heterocycles. The minimum Gasteiger partial charge on any atom is -0.394 e. The average Bonchev–Trinajstić information content (AvgIpc) is 3.05. The lowest BCUT2D eigenvalue weighted by Gasteiger charge is -2.29. The Labute approximate surface area is 125 Å². The van der Waals surface area contributed by atoms with Crippen LogP contribution in [0.15, 0.2) is 36.8 Å². The predicted octanol–water partition coefficient (Wildman–Crippen LogP) is 1.85. The molecule has 1 unspecified atom stereocenters. The van der Waals surface area contributed by atoms with Crippen molar-refractivity contribution in [1.82, 2.24) is 9.55 Å². The van der Waals surface area contributed by atoms with Gasteiger partial charge in [0.2, 0.25) is 0 Å². The molecule has 0 saturated carbocycles. The average molecular weight is 286 g/mol. The van der Waals surface area contributed by atoms with Gasteiger partial charge in [0.25, 0.3) is 0 Å². The van der Waals surface area contributed by atoms with E-state index in [4.69, 9.17) is 5.73 Å². The van der Waals surface area contributed by atoms with Crippen LogP contribution < -0.4 is 10.6 Å². The quantitative estimate of drug-likeness (QED) is 0.900. The van der Waals surface area contributed by atoms with Crippen molar-refractivity contribution in [2.24, 2.45) is 5.73 Å². The maximum absolute atomic E-state index is 9.22. The zero-order valence-electron chi connectivity index (χ0n) is 12.2. The summed E-state index contributed by atoms with van der Waals surface area (Å²) < 4.78 is 1.93. The van der Waals surface area contributed by atoms with E-state index in [1.807, 2.05) is 4.57 Å². The fourth-order valence-electron chi connectivity index (χ4n) is 2.87. The van der Waals surface area contributed by atoms with Gasteiger partial charge in [0.05, 0.1) is 30.9 Å². The number of piperidine rings is 1. The molecule has 3 rings (SSSR count). The first-order valence-electron chi connectivity index (χ1n) is 7.53. The predicted molar refractivity (Wildman–Crippen MR) is 83.6 cm³/mol. The molecule has 2 aromatic rings. The van der Waals surface area contributed by atoms with Crippen molar-refractivity contribution in [1.29, 1.82) is 0 Å². The van der Waals surface area contributed by atoms with Gasteiger partial charge in [-0.05, 0) is 43.5 Å². The monoisotopic (exact) mass is 286 g/mol. The Morgan fingerprint density at radius 2 is 1.76 bits per heavy atom. The molecule has 1 aliphatic rings. The van der Waals surface area contributed by atoms with E-state index in [-0.39, 0.29) is 6.61 Å². The standard InChI is InChI=1S/C16H22N4O/c17-15(11-21)16-10-18-12-20(16)14-6-4-13(5-7-14)19-8-2-1-3-9-19/h4-7,10,12,15,21H,1-3,8-9,11,17H2. The normalized spacial score (nSPS) is 17.0. The highest BCUT2D eigenvalue weighted by atomic mass is 16.3. The molecule has 0 amide bonds. The van der Waals surface area contributed by atoms with Crippen molar-refractivity contribution in [3.05, 3.63) is 42.5 Å². The summed E-state index contributed by atoms with van der Waals surface area (Å²) in [6, 6.07) is 8.05. The Morgan fingerprint density at radius 3 is 2.43 bits per heavy atom. The molecule has 0 bridgehead atoms. The SMILES string of the molecule is NC(CO)c1cncn1-c1ccc(N2CCCCC2)cc1. The van der Waals surface area contributed by atoms with Crippen LogP contribution in [0.25, 0.3) is 5.69 Å². The van der Waals surface area contributed by atoms with Gasteiger partial charge in [-0.15, -0.1) is 0 Å². The van der Waals surface area contributed by atoms with Gasteiger partial charge in [0.1, 0.15) is 0 Å². The molecule has 5 nitrogen and oxygen atoms in total. The molecular weight excluding hydrogens is 264 g/mol. The van der Waals surface area contributed by atoms with Crippen LogP contribution in [0, 0.1) is 0 Å². The van der Waals surface area contributed by atoms with Crippen molar-refractivity contribution < 1.29 is 5.11 Å². The van der Waals surface area contributed by atoms with Gasteiger partial charge in [-0.1, -0.05) is 0 Å². The first-order chi connectivity index (χ1) is 10.3. The minimum atomic E-state index is -0.408. The van der Waals surface area contributed by atoms with Gasteiger partial charge in [-0.2, -0.15) is 0 Å². The van der Waals surface area contributed by atoms with E-state index in [1.54, 1.807) is 12.5 Å². The summed E-state index contributed by atoms with van der Waals surface area (Å²) >= 11 is 0.